The highest BCUT2D eigenvalue weighted by Gasteiger charge is 2.27. The van der Waals surface area contributed by atoms with Gasteiger partial charge in [-0.1, -0.05) is 88.9 Å². The van der Waals surface area contributed by atoms with Gasteiger partial charge in [0.05, 0.1) is 6.04 Å². The third kappa shape index (κ3) is 17.8. The van der Waals surface area contributed by atoms with E-state index in [1.54, 1.807) is 42.5 Å². The molecule has 1 saturated heterocycles. The molecule has 1 N–H and O–H groups in total. The summed E-state index contributed by atoms with van der Waals surface area (Å²) in [6.07, 6.45) is 8.88. The number of anilines is 1. The van der Waals surface area contributed by atoms with E-state index in [-0.39, 0.29) is 17.8 Å². The Hall–Kier alpha value is -3.77. The molecule has 0 bridgehead atoms. The molecule has 6 heteroatoms. The van der Waals surface area contributed by atoms with Gasteiger partial charge >= 0.3 is 0 Å². The number of halogens is 1. The Balaban J connectivity index is 0.000000720. The van der Waals surface area contributed by atoms with Crippen molar-refractivity contribution in [3.8, 4) is 11.5 Å². The Morgan fingerprint density at radius 3 is 1.88 bits per heavy atom. The first-order valence-corrected chi connectivity index (χ1v) is 14.9. The molecule has 0 aromatic heterocycles. The molecule has 1 fully saturated rings. The highest BCUT2D eigenvalue weighted by molar-refractivity contribution is 5.95. The molecule has 0 aliphatic carbocycles. The number of allylic oxidation sites excluding steroid dienone is 1. The first-order valence-electron chi connectivity index (χ1n) is 14.9. The molecule has 1 amide bonds. The molecular formula is C36H51FN2O3. The number of aldehydes is 1. The van der Waals surface area contributed by atoms with Crippen molar-refractivity contribution in [3.63, 3.8) is 0 Å². The molecule has 1 atom stereocenters. The van der Waals surface area contributed by atoms with E-state index in [9.17, 15) is 14.0 Å². The minimum absolute atomic E-state index is 0.0252. The molecule has 4 rings (SSSR count). The fourth-order valence-corrected chi connectivity index (χ4v) is 3.67. The van der Waals surface area contributed by atoms with Gasteiger partial charge in [0.25, 0.3) is 0 Å². The monoisotopic (exact) mass is 578 g/mol. The van der Waals surface area contributed by atoms with Crippen molar-refractivity contribution in [1.29, 1.82) is 0 Å². The summed E-state index contributed by atoms with van der Waals surface area (Å²) in [4.78, 5) is 23.6. The van der Waals surface area contributed by atoms with Crippen molar-refractivity contribution in [2.75, 3.05) is 18.9 Å². The number of hydrogen-bond acceptors (Lipinski definition) is 4. The number of rotatable bonds is 8. The third-order valence-electron chi connectivity index (χ3n) is 5.90. The second-order valence-corrected chi connectivity index (χ2v) is 9.41. The first-order chi connectivity index (χ1) is 20.3. The van der Waals surface area contributed by atoms with Crippen molar-refractivity contribution in [2.45, 2.75) is 79.2 Å². The standard InChI is InChI=1S/C18H19FN2O2.C7H8.C5H12.C4H6O.C2H6/c1-21-12-2-3-17(21)18(22)20-14-6-10-16(11-7-14)23-15-8-4-13(19)5-9-15;1-7-5-3-2-4-6-7;1-3-5-4-2;1-2-3-4-5;1-2/h4-11,17H,2-3,12H2,1H3,(H,20,22);2-6H,1H3;3-5H2,1-2H3;2,4H,1,3H2;1-2H3. The second kappa shape index (κ2) is 25.0. The van der Waals surface area contributed by atoms with Gasteiger partial charge in [0, 0.05) is 12.1 Å². The maximum Gasteiger partial charge on any atom is 0.241 e. The van der Waals surface area contributed by atoms with E-state index in [1.165, 1.54) is 37.0 Å². The Morgan fingerprint density at radius 2 is 1.52 bits per heavy atom. The minimum Gasteiger partial charge on any atom is -0.457 e. The van der Waals surface area contributed by atoms with Crippen molar-refractivity contribution in [2.24, 2.45) is 0 Å². The van der Waals surface area contributed by atoms with Crippen molar-refractivity contribution < 1.29 is 18.7 Å². The van der Waals surface area contributed by atoms with Gasteiger partial charge in [0.15, 0.2) is 0 Å². The molecule has 42 heavy (non-hydrogen) atoms. The van der Waals surface area contributed by atoms with Gasteiger partial charge in [-0.15, -0.1) is 6.58 Å². The van der Waals surface area contributed by atoms with Crippen LogP contribution < -0.4 is 10.1 Å². The lowest BCUT2D eigenvalue weighted by atomic mass is 10.2. The van der Waals surface area contributed by atoms with Gasteiger partial charge in [-0.25, -0.2) is 4.39 Å². The smallest absolute Gasteiger partial charge is 0.241 e. The Labute approximate surface area is 253 Å². The van der Waals surface area contributed by atoms with Crippen molar-refractivity contribution in [3.05, 3.63) is 103 Å². The van der Waals surface area contributed by atoms with Crippen LogP contribution in [0.3, 0.4) is 0 Å². The lowest BCUT2D eigenvalue weighted by molar-refractivity contribution is -0.120. The zero-order valence-electron chi connectivity index (χ0n) is 26.4. The summed E-state index contributed by atoms with van der Waals surface area (Å²) in [6, 6.07) is 23.2. The summed E-state index contributed by atoms with van der Waals surface area (Å²) >= 11 is 0. The van der Waals surface area contributed by atoms with Crippen LogP contribution >= 0.6 is 0 Å². The summed E-state index contributed by atoms with van der Waals surface area (Å²) in [7, 11) is 1.97. The average Bonchev–Trinajstić information content (AvgIpc) is 3.44. The largest absolute Gasteiger partial charge is 0.457 e. The maximum atomic E-state index is 12.9. The van der Waals surface area contributed by atoms with Gasteiger partial charge in [0.1, 0.15) is 23.6 Å². The lowest BCUT2D eigenvalue weighted by Crippen LogP contribution is -2.37. The third-order valence-corrected chi connectivity index (χ3v) is 5.90. The van der Waals surface area contributed by atoms with Crippen LogP contribution in [0, 0.1) is 12.7 Å². The lowest BCUT2D eigenvalue weighted by Gasteiger charge is -2.18. The predicted octanol–water partition coefficient (Wildman–Crippen LogP) is 9.63. The van der Waals surface area contributed by atoms with E-state index < -0.39 is 0 Å². The van der Waals surface area contributed by atoms with Crippen LogP contribution in [0.4, 0.5) is 10.1 Å². The zero-order chi connectivity index (χ0) is 31.6. The molecule has 1 unspecified atom stereocenters. The Bertz CT molecular complexity index is 1080. The number of nitrogens with one attached hydrogen (secondary N) is 1. The highest BCUT2D eigenvalue weighted by atomic mass is 19.1. The molecule has 5 nitrogen and oxygen atoms in total. The van der Waals surface area contributed by atoms with Gasteiger partial charge < -0.3 is 14.8 Å². The quantitative estimate of drug-likeness (QED) is 0.214. The Morgan fingerprint density at radius 1 is 0.976 bits per heavy atom. The number of amides is 1. The van der Waals surface area contributed by atoms with Crippen LogP contribution in [0.25, 0.3) is 0 Å². The fraction of sp³-hybridized carbons (Fsp3) is 0.389. The number of benzene rings is 3. The summed E-state index contributed by atoms with van der Waals surface area (Å²) in [5.41, 5.74) is 2.06. The van der Waals surface area contributed by atoms with E-state index in [2.05, 4.69) is 49.7 Å². The summed E-state index contributed by atoms with van der Waals surface area (Å²) in [5, 5.41) is 2.93. The number of hydrogen-bond donors (Lipinski definition) is 1. The fourth-order valence-electron chi connectivity index (χ4n) is 3.67. The van der Waals surface area contributed by atoms with Crippen molar-refractivity contribution >= 4 is 17.9 Å². The molecule has 3 aromatic carbocycles. The number of carbonyl (C=O) groups excluding carboxylic acids is 2. The van der Waals surface area contributed by atoms with Gasteiger partial charge in [-0.2, -0.15) is 0 Å². The maximum absolute atomic E-state index is 12.9. The van der Waals surface area contributed by atoms with Crippen LogP contribution in [0.1, 0.15) is 71.8 Å². The molecule has 0 spiro atoms. The van der Waals surface area contributed by atoms with E-state index in [0.29, 0.717) is 17.9 Å². The van der Waals surface area contributed by atoms with Gasteiger partial charge in [-0.3, -0.25) is 9.69 Å². The molecule has 1 aliphatic rings. The number of likely N-dealkylation sites (tertiary alicyclic amines) is 1. The van der Waals surface area contributed by atoms with E-state index in [1.807, 2.05) is 39.1 Å². The molecule has 3 aromatic rings. The highest BCUT2D eigenvalue weighted by Crippen LogP contribution is 2.24. The average molecular weight is 579 g/mol. The molecule has 0 saturated carbocycles. The SMILES string of the molecule is C=CCC=O.CC.CCCCC.CN1CCCC1C(=O)Nc1ccc(Oc2ccc(F)cc2)cc1.Cc1ccccc1. The predicted molar refractivity (Wildman–Crippen MR) is 176 cm³/mol. The van der Waals surface area contributed by atoms with Crippen LogP contribution in [0.5, 0.6) is 11.5 Å². The number of likely N-dealkylation sites (N-methyl/N-ethyl adjacent to an activating group) is 1. The number of nitrogens with zero attached hydrogens (tertiary/aromatic N) is 1. The summed E-state index contributed by atoms with van der Waals surface area (Å²) in [6.45, 7) is 14.8. The van der Waals surface area contributed by atoms with Gasteiger partial charge in [-0.05, 0) is 81.9 Å². The summed E-state index contributed by atoms with van der Waals surface area (Å²) in [5.74, 6) is 0.924. The van der Waals surface area contributed by atoms with Crippen LogP contribution in [0.15, 0.2) is 91.5 Å². The minimum atomic E-state index is -0.299. The molecule has 0 radical (unpaired) electrons. The van der Waals surface area contributed by atoms with Crippen LogP contribution in [0.2, 0.25) is 0 Å². The zero-order valence-corrected chi connectivity index (χ0v) is 26.4. The van der Waals surface area contributed by atoms with Crippen molar-refractivity contribution in [1.82, 2.24) is 4.90 Å². The second-order valence-electron chi connectivity index (χ2n) is 9.41. The van der Waals surface area contributed by atoms with Gasteiger partial charge in [0.2, 0.25) is 5.91 Å². The molecule has 1 aliphatic heterocycles. The topological polar surface area (TPSA) is 58.6 Å². The van der Waals surface area contributed by atoms with E-state index in [0.717, 1.165) is 31.4 Å². The molecule has 230 valence electrons. The normalized spacial score (nSPS) is 13.2. The number of ether oxygens (including phenoxy) is 1. The first kappa shape index (κ1) is 38.2. The number of aryl methyl sites for hydroxylation is 1. The molecule has 1 heterocycles. The van der Waals surface area contributed by atoms with E-state index >= 15 is 0 Å². The van der Waals surface area contributed by atoms with Crippen LogP contribution in [-0.2, 0) is 9.59 Å². The van der Waals surface area contributed by atoms with Crippen LogP contribution in [-0.4, -0.2) is 36.7 Å². The van der Waals surface area contributed by atoms with E-state index in [4.69, 9.17) is 4.74 Å². The number of carbonyl (C=O) groups is 2. The number of unbranched alkanes of at least 4 members (excludes halogenated alkanes) is 2. The Kier molecular flexibility index (Phi) is 22.7. The summed E-state index contributed by atoms with van der Waals surface area (Å²) < 4.78 is 18.5. The molecular weight excluding hydrogens is 527 g/mol.